The first-order valence-electron chi connectivity index (χ1n) is 7.42. The summed E-state index contributed by atoms with van der Waals surface area (Å²) in [5, 5.41) is 0. The van der Waals surface area contributed by atoms with Gasteiger partial charge in [0.25, 0.3) is 0 Å². The summed E-state index contributed by atoms with van der Waals surface area (Å²) >= 11 is 0. The van der Waals surface area contributed by atoms with Gasteiger partial charge in [0.15, 0.2) is 0 Å². The van der Waals surface area contributed by atoms with Crippen LogP contribution in [0.5, 0.6) is 0 Å². The Morgan fingerprint density at radius 1 is 0.950 bits per heavy atom. The Morgan fingerprint density at radius 2 is 1.60 bits per heavy atom. The van der Waals surface area contributed by atoms with Gasteiger partial charge in [0.1, 0.15) is 0 Å². The predicted molar refractivity (Wildman–Crippen MR) is 84.0 cm³/mol. The third-order valence-electron chi connectivity index (χ3n) is 6.08. The Labute approximate surface area is 121 Å². The molecule has 2 aliphatic carbocycles. The Hall–Kier alpha value is -1.82. The molecule has 2 aromatic carbocycles. The summed E-state index contributed by atoms with van der Waals surface area (Å²) in [6.07, 6.45) is 2.16. The van der Waals surface area contributed by atoms with Gasteiger partial charge in [0.05, 0.1) is 0 Å². The van der Waals surface area contributed by atoms with E-state index in [1.165, 1.54) is 16.7 Å². The van der Waals surface area contributed by atoms with Crippen molar-refractivity contribution >= 4 is 0 Å². The maximum Gasteiger partial charge on any atom is 0.00869 e. The Morgan fingerprint density at radius 3 is 2.30 bits per heavy atom. The zero-order chi connectivity index (χ0) is 14.0. The van der Waals surface area contributed by atoms with E-state index in [0.717, 1.165) is 0 Å². The van der Waals surface area contributed by atoms with Crippen LogP contribution < -0.4 is 0 Å². The van der Waals surface area contributed by atoms with Crippen LogP contribution in [0.3, 0.4) is 0 Å². The molecule has 2 aromatic rings. The SMILES string of the molecule is C=C[C@H]1c2ccccc2[C@]2(C)[C@H](c3ccccc3)[C@]12C. The average Bonchev–Trinajstić information content (AvgIpc) is 2.91. The molecule has 0 saturated heterocycles. The molecule has 0 aliphatic heterocycles. The Kier molecular flexibility index (Phi) is 2.17. The van der Waals surface area contributed by atoms with Gasteiger partial charge in [-0.1, -0.05) is 74.5 Å². The van der Waals surface area contributed by atoms with Crippen LogP contribution in [-0.4, -0.2) is 0 Å². The summed E-state index contributed by atoms with van der Waals surface area (Å²) in [5.74, 6) is 1.07. The minimum atomic E-state index is 0.254. The van der Waals surface area contributed by atoms with Crippen molar-refractivity contribution in [1.82, 2.24) is 0 Å². The van der Waals surface area contributed by atoms with Gasteiger partial charge in [0, 0.05) is 17.3 Å². The lowest BCUT2D eigenvalue weighted by atomic mass is 9.83. The number of rotatable bonds is 2. The van der Waals surface area contributed by atoms with Gasteiger partial charge < -0.3 is 0 Å². The Bertz CT molecular complexity index is 684. The lowest BCUT2D eigenvalue weighted by Gasteiger charge is -2.20. The summed E-state index contributed by atoms with van der Waals surface area (Å²) in [4.78, 5) is 0. The molecular weight excluding hydrogens is 240 g/mol. The standard InChI is InChI=1S/C20H20/c1-4-16-15-12-8-9-13-17(15)20(3)18(19(16,20)2)14-10-6-5-7-11-14/h4-13,16,18H,1H2,2-3H3/t16-,18+,19-,20+/m0/s1. The minimum Gasteiger partial charge on any atom is -0.102 e. The molecule has 0 radical (unpaired) electrons. The molecule has 4 atom stereocenters. The molecule has 20 heavy (non-hydrogen) atoms. The third kappa shape index (κ3) is 1.10. The molecule has 0 N–H and O–H groups in total. The predicted octanol–water partition coefficient (Wildman–Crippen LogP) is 5.03. The van der Waals surface area contributed by atoms with Gasteiger partial charge in [0.2, 0.25) is 0 Å². The molecule has 0 aromatic heterocycles. The molecule has 0 unspecified atom stereocenters. The van der Waals surface area contributed by atoms with Gasteiger partial charge in [-0.2, -0.15) is 0 Å². The van der Waals surface area contributed by atoms with E-state index in [2.05, 4.69) is 81.1 Å². The number of benzene rings is 2. The molecule has 0 nitrogen and oxygen atoms in total. The van der Waals surface area contributed by atoms with E-state index >= 15 is 0 Å². The van der Waals surface area contributed by atoms with Crippen LogP contribution in [-0.2, 0) is 5.41 Å². The van der Waals surface area contributed by atoms with Gasteiger partial charge in [-0.3, -0.25) is 0 Å². The number of allylic oxidation sites excluding steroid dienone is 1. The number of fused-ring (bicyclic) bond motifs is 3. The van der Waals surface area contributed by atoms with E-state index in [0.29, 0.717) is 11.8 Å². The second-order valence-electron chi connectivity index (χ2n) is 6.63. The van der Waals surface area contributed by atoms with Crippen LogP contribution in [0.15, 0.2) is 67.3 Å². The summed E-state index contributed by atoms with van der Waals surface area (Å²) in [6, 6.07) is 19.9. The fraction of sp³-hybridized carbons (Fsp3) is 0.300. The maximum absolute atomic E-state index is 4.12. The van der Waals surface area contributed by atoms with Crippen molar-refractivity contribution in [1.29, 1.82) is 0 Å². The van der Waals surface area contributed by atoms with Crippen molar-refractivity contribution in [2.24, 2.45) is 5.41 Å². The first-order valence-corrected chi connectivity index (χ1v) is 7.42. The van der Waals surface area contributed by atoms with Crippen molar-refractivity contribution in [3.05, 3.63) is 83.9 Å². The fourth-order valence-corrected chi connectivity index (χ4v) is 5.04. The van der Waals surface area contributed by atoms with Crippen LogP contribution in [0, 0.1) is 5.41 Å². The maximum atomic E-state index is 4.12. The van der Waals surface area contributed by atoms with Gasteiger partial charge in [-0.05, 0) is 22.1 Å². The van der Waals surface area contributed by atoms with E-state index in [-0.39, 0.29) is 10.8 Å². The molecule has 2 aliphatic rings. The largest absolute Gasteiger partial charge is 0.102 e. The van der Waals surface area contributed by atoms with Gasteiger partial charge >= 0.3 is 0 Å². The third-order valence-corrected chi connectivity index (χ3v) is 6.08. The van der Waals surface area contributed by atoms with E-state index in [9.17, 15) is 0 Å². The summed E-state index contributed by atoms with van der Waals surface area (Å²) in [7, 11) is 0. The summed E-state index contributed by atoms with van der Waals surface area (Å²) < 4.78 is 0. The fourth-order valence-electron chi connectivity index (χ4n) is 5.04. The van der Waals surface area contributed by atoms with Crippen molar-refractivity contribution in [3.8, 4) is 0 Å². The topological polar surface area (TPSA) is 0 Å². The highest BCUT2D eigenvalue weighted by Gasteiger charge is 2.77. The van der Waals surface area contributed by atoms with Crippen LogP contribution in [0.2, 0.25) is 0 Å². The van der Waals surface area contributed by atoms with E-state index in [1.807, 2.05) is 0 Å². The van der Waals surface area contributed by atoms with E-state index < -0.39 is 0 Å². The Balaban J connectivity index is 1.92. The van der Waals surface area contributed by atoms with Crippen molar-refractivity contribution in [3.63, 3.8) is 0 Å². The molecule has 0 amide bonds. The highest BCUT2D eigenvalue weighted by Crippen LogP contribution is 2.83. The molecule has 100 valence electrons. The van der Waals surface area contributed by atoms with Crippen LogP contribution >= 0.6 is 0 Å². The lowest BCUT2D eigenvalue weighted by Crippen LogP contribution is -2.09. The molecule has 0 spiro atoms. The summed E-state index contributed by atoms with van der Waals surface area (Å²) in [5.41, 5.74) is 5.02. The van der Waals surface area contributed by atoms with Crippen molar-refractivity contribution in [2.75, 3.05) is 0 Å². The second kappa shape index (κ2) is 3.63. The van der Waals surface area contributed by atoms with Crippen LogP contribution in [0.1, 0.15) is 42.4 Å². The first kappa shape index (κ1) is 12.0. The highest BCUT2D eigenvalue weighted by molar-refractivity contribution is 5.62. The monoisotopic (exact) mass is 260 g/mol. The molecule has 0 heterocycles. The number of hydrogen-bond acceptors (Lipinski definition) is 0. The van der Waals surface area contributed by atoms with Gasteiger partial charge in [-0.15, -0.1) is 6.58 Å². The highest BCUT2D eigenvalue weighted by atomic mass is 14.8. The minimum absolute atomic E-state index is 0.254. The number of hydrogen-bond donors (Lipinski definition) is 0. The molecule has 0 heteroatoms. The molecule has 1 saturated carbocycles. The zero-order valence-corrected chi connectivity index (χ0v) is 12.1. The van der Waals surface area contributed by atoms with E-state index in [4.69, 9.17) is 0 Å². The van der Waals surface area contributed by atoms with Crippen LogP contribution in [0.25, 0.3) is 0 Å². The molecule has 0 bridgehead atoms. The van der Waals surface area contributed by atoms with E-state index in [1.54, 1.807) is 0 Å². The lowest BCUT2D eigenvalue weighted by molar-refractivity contribution is 0.464. The van der Waals surface area contributed by atoms with Crippen LogP contribution in [0.4, 0.5) is 0 Å². The van der Waals surface area contributed by atoms with Crippen molar-refractivity contribution in [2.45, 2.75) is 31.1 Å². The second-order valence-corrected chi connectivity index (χ2v) is 6.63. The smallest absolute Gasteiger partial charge is 0.00869 e. The summed E-state index contributed by atoms with van der Waals surface area (Å²) in [6.45, 7) is 9.00. The average molecular weight is 260 g/mol. The zero-order valence-electron chi connectivity index (χ0n) is 12.1. The molecule has 1 fully saturated rings. The van der Waals surface area contributed by atoms with Gasteiger partial charge in [-0.25, -0.2) is 0 Å². The quantitative estimate of drug-likeness (QED) is 0.664. The normalized spacial score (nSPS) is 37.1. The molecule has 4 rings (SSSR count). The molecular formula is C20H20. The first-order chi connectivity index (χ1) is 9.65. The van der Waals surface area contributed by atoms with Crippen molar-refractivity contribution < 1.29 is 0 Å².